The van der Waals surface area contributed by atoms with Crippen molar-refractivity contribution in [3.63, 3.8) is 0 Å². The first-order valence-electron chi connectivity index (χ1n) is 3.62. The Balaban J connectivity index is 0.00000121. The number of hydrogen-bond acceptors (Lipinski definition) is 1. The average molecular weight is 182 g/mol. The van der Waals surface area contributed by atoms with Crippen molar-refractivity contribution < 1.29 is 0 Å². The molecule has 0 spiro atoms. The van der Waals surface area contributed by atoms with Crippen molar-refractivity contribution in [2.24, 2.45) is 0 Å². The van der Waals surface area contributed by atoms with Crippen LogP contribution in [0.4, 0.5) is 5.69 Å². The summed E-state index contributed by atoms with van der Waals surface area (Å²) in [7, 11) is 0. The van der Waals surface area contributed by atoms with Crippen LogP contribution in [0.15, 0.2) is 30.3 Å². The molecular weight excluding hydrogens is 170 g/mol. The molecule has 1 N–H and O–H groups in total. The normalized spacial score (nSPS) is 7.42. The number of para-hydroxylation sites is 1. The van der Waals surface area contributed by atoms with E-state index in [1.165, 1.54) is 0 Å². The van der Waals surface area contributed by atoms with Crippen LogP contribution in [0.1, 0.15) is 6.92 Å². The Bertz CT molecular complexity index is 258. The maximum atomic E-state index is 3.17. The van der Waals surface area contributed by atoms with Gasteiger partial charge in [-0.2, -0.15) is 0 Å². The molecular formula is C10H12ClN. The lowest BCUT2D eigenvalue weighted by Crippen LogP contribution is -1.97. The molecule has 64 valence electrons. The van der Waals surface area contributed by atoms with Gasteiger partial charge in [-0.25, -0.2) is 0 Å². The van der Waals surface area contributed by atoms with Crippen LogP contribution >= 0.6 is 12.4 Å². The molecule has 2 heteroatoms. The van der Waals surface area contributed by atoms with E-state index >= 15 is 0 Å². The van der Waals surface area contributed by atoms with Gasteiger partial charge in [0, 0.05) is 5.69 Å². The molecule has 0 unspecified atom stereocenters. The van der Waals surface area contributed by atoms with E-state index in [0.717, 1.165) is 12.2 Å². The van der Waals surface area contributed by atoms with Crippen LogP contribution in [0.25, 0.3) is 0 Å². The van der Waals surface area contributed by atoms with E-state index in [4.69, 9.17) is 0 Å². The minimum Gasteiger partial charge on any atom is -0.374 e. The van der Waals surface area contributed by atoms with Crippen molar-refractivity contribution in [3.8, 4) is 11.8 Å². The molecule has 0 aliphatic rings. The molecule has 1 aromatic rings. The third-order valence-corrected chi connectivity index (χ3v) is 1.33. The zero-order chi connectivity index (χ0) is 7.94. The molecule has 1 nitrogen and oxygen atoms in total. The molecule has 0 fully saturated rings. The van der Waals surface area contributed by atoms with Crippen molar-refractivity contribution in [2.45, 2.75) is 6.92 Å². The van der Waals surface area contributed by atoms with Gasteiger partial charge in [-0.3, -0.25) is 0 Å². The molecule has 0 bridgehead atoms. The van der Waals surface area contributed by atoms with Crippen LogP contribution in [0.2, 0.25) is 0 Å². The summed E-state index contributed by atoms with van der Waals surface area (Å²) in [5.74, 6) is 5.76. The monoisotopic (exact) mass is 181 g/mol. The Morgan fingerprint density at radius 3 is 2.50 bits per heavy atom. The van der Waals surface area contributed by atoms with E-state index in [2.05, 4.69) is 17.2 Å². The average Bonchev–Trinajstić information content (AvgIpc) is 2.07. The van der Waals surface area contributed by atoms with Crippen molar-refractivity contribution in [2.75, 3.05) is 11.9 Å². The lowest BCUT2D eigenvalue weighted by atomic mass is 10.3. The van der Waals surface area contributed by atoms with E-state index in [-0.39, 0.29) is 12.4 Å². The van der Waals surface area contributed by atoms with Gasteiger partial charge in [0.25, 0.3) is 0 Å². The van der Waals surface area contributed by atoms with Gasteiger partial charge in [0.2, 0.25) is 0 Å². The van der Waals surface area contributed by atoms with Crippen LogP contribution in [0, 0.1) is 11.8 Å². The lowest BCUT2D eigenvalue weighted by Gasteiger charge is -1.99. The summed E-state index contributed by atoms with van der Waals surface area (Å²) in [5.41, 5.74) is 1.12. The molecule has 0 aromatic heterocycles. The molecule has 1 rings (SSSR count). The second kappa shape index (κ2) is 6.57. The fourth-order valence-electron chi connectivity index (χ4n) is 0.791. The molecule has 0 aliphatic heterocycles. The van der Waals surface area contributed by atoms with Crippen LogP contribution in [0.3, 0.4) is 0 Å². The zero-order valence-corrected chi connectivity index (χ0v) is 7.82. The molecule has 0 saturated carbocycles. The minimum absolute atomic E-state index is 0. The molecule has 0 amide bonds. The van der Waals surface area contributed by atoms with Gasteiger partial charge in [-0.15, -0.1) is 18.3 Å². The standard InChI is InChI=1S/C10H11N.ClH/c1-2-3-9-11-10-7-5-4-6-8-10;/h4-8,11H,9H2,1H3;1H. The smallest absolute Gasteiger partial charge is 0.0765 e. The van der Waals surface area contributed by atoms with E-state index < -0.39 is 0 Å². The predicted octanol–water partition coefficient (Wildman–Crippen LogP) is 2.54. The van der Waals surface area contributed by atoms with Crippen molar-refractivity contribution >= 4 is 18.1 Å². The Morgan fingerprint density at radius 2 is 1.92 bits per heavy atom. The molecule has 0 heterocycles. The number of halogens is 1. The van der Waals surface area contributed by atoms with Gasteiger partial charge in [0.05, 0.1) is 6.54 Å². The van der Waals surface area contributed by atoms with Crippen LogP contribution in [0.5, 0.6) is 0 Å². The fourth-order valence-corrected chi connectivity index (χ4v) is 0.791. The second-order valence-corrected chi connectivity index (χ2v) is 2.15. The van der Waals surface area contributed by atoms with E-state index in [1.807, 2.05) is 37.3 Å². The van der Waals surface area contributed by atoms with Crippen LogP contribution in [-0.4, -0.2) is 6.54 Å². The lowest BCUT2D eigenvalue weighted by molar-refractivity contribution is 1.38. The van der Waals surface area contributed by atoms with Crippen LogP contribution in [-0.2, 0) is 0 Å². The summed E-state index contributed by atoms with van der Waals surface area (Å²) in [6, 6.07) is 10.1. The third-order valence-electron chi connectivity index (χ3n) is 1.33. The van der Waals surface area contributed by atoms with E-state index in [1.54, 1.807) is 0 Å². The summed E-state index contributed by atoms with van der Waals surface area (Å²) in [4.78, 5) is 0. The molecule has 0 aliphatic carbocycles. The van der Waals surface area contributed by atoms with Gasteiger partial charge >= 0.3 is 0 Å². The van der Waals surface area contributed by atoms with Crippen molar-refractivity contribution in [1.29, 1.82) is 0 Å². The summed E-state index contributed by atoms with van der Waals surface area (Å²) in [6.07, 6.45) is 0. The second-order valence-electron chi connectivity index (χ2n) is 2.15. The maximum Gasteiger partial charge on any atom is 0.0765 e. The highest BCUT2D eigenvalue weighted by molar-refractivity contribution is 5.85. The van der Waals surface area contributed by atoms with Crippen molar-refractivity contribution in [3.05, 3.63) is 30.3 Å². The van der Waals surface area contributed by atoms with E-state index in [0.29, 0.717) is 0 Å². The molecule has 0 atom stereocenters. The summed E-state index contributed by atoms with van der Waals surface area (Å²) in [6.45, 7) is 2.56. The zero-order valence-electron chi connectivity index (χ0n) is 7.00. The summed E-state index contributed by atoms with van der Waals surface area (Å²) < 4.78 is 0. The number of benzene rings is 1. The highest BCUT2D eigenvalue weighted by Gasteiger charge is 1.83. The topological polar surface area (TPSA) is 12.0 Å². The predicted molar refractivity (Wildman–Crippen MR) is 55.6 cm³/mol. The quantitative estimate of drug-likeness (QED) is 0.692. The Kier molecular flexibility index (Phi) is 5.95. The Morgan fingerprint density at radius 1 is 1.25 bits per heavy atom. The SMILES string of the molecule is CC#CCNc1ccccc1.Cl. The summed E-state index contributed by atoms with van der Waals surface area (Å²) >= 11 is 0. The van der Waals surface area contributed by atoms with Gasteiger partial charge in [0.15, 0.2) is 0 Å². The first-order valence-corrected chi connectivity index (χ1v) is 3.62. The summed E-state index contributed by atoms with van der Waals surface area (Å²) in [5, 5.41) is 3.17. The van der Waals surface area contributed by atoms with Gasteiger partial charge in [-0.1, -0.05) is 24.1 Å². The molecule has 0 radical (unpaired) electrons. The number of nitrogens with one attached hydrogen (secondary N) is 1. The number of anilines is 1. The van der Waals surface area contributed by atoms with E-state index in [9.17, 15) is 0 Å². The largest absolute Gasteiger partial charge is 0.374 e. The highest BCUT2D eigenvalue weighted by Crippen LogP contribution is 2.02. The molecule has 12 heavy (non-hydrogen) atoms. The maximum absolute atomic E-state index is 3.17. The fraction of sp³-hybridized carbons (Fsp3) is 0.200. The van der Waals surface area contributed by atoms with Crippen LogP contribution < -0.4 is 5.32 Å². The third kappa shape index (κ3) is 3.90. The Hall–Kier alpha value is -1.13. The first kappa shape index (κ1) is 10.9. The van der Waals surface area contributed by atoms with Gasteiger partial charge < -0.3 is 5.32 Å². The molecule has 0 saturated heterocycles. The van der Waals surface area contributed by atoms with Crippen molar-refractivity contribution in [1.82, 2.24) is 0 Å². The Labute approximate surface area is 79.6 Å². The van der Waals surface area contributed by atoms with Gasteiger partial charge in [-0.05, 0) is 19.1 Å². The first-order chi connectivity index (χ1) is 5.43. The minimum atomic E-state index is 0. The molecule has 1 aromatic carbocycles. The van der Waals surface area contributed by atoms with Gasteiger partial charge in [0.1, 0.15) is 0 Å². The highest BCUT2D eigenvalue weighted by atomic mass is 35.5. The number of rotatable bonds is 2. The number of hydrogen-bond donors (Lipinski definition) is 1.